The normalized spacial score (nSPS) is 22.8. The minimum Gasteiger partial charge on any atom is -0.392 e. The SMILES string of the molecule is CCc1ccc(-c2noc(C3CC(O)CN3)n2)cc1. The van der Waals surface area contributed by atoms with Crippen LogP contribution in [0, 0.1) is 0 Å². The van der Waals surface area contributed by atoms with Crippen LogP contribution in [0.2, 0.25) is 0 Å². The van der Waals surface area contributed by atoms with E-state index in [9.17, 15) is 5.11 Å². The average molecular weight is 259 g/mol. The van der Waals surface area contributed by atoms with E-state index in [-0.39, 0.29) is 12.1 Å². The van der Waals surface area contributed by atoms with Gasteiger partial charge in [-0.15, -0.1) is 0 Å². The first-order valence-corrected chi connectivity index (χ1v) is 6.60. The van der Waals surface area contributed by atoms with Gasteiger partial charge >= 0.3 is 0 Å². The van der Waals surface area contributed by atoms with Crippen molar-refractivity contribution < 1.29 is 9.63 Å². The third-order valence-corrected chi connectivity index (χ3v) is 3.47. The highest BCUT2D eigenvalue weighted by molar-refractivity contribution is 5.54. The number of aliphatic hydroxyl groups is 1. The number of hydrogen-bond donors (Lipinski definition) is 2. The topological polar surface area (TPSA) is 71.2 Å². The minimum absolute atomic E-state index is 0.0360. The second-order valence-corrected chi connectivity index (χ2v) is 4.86. The van der Waals surface area contributed by atoms with Crippen molar-refractivity contribution in [2.75, 3.05) is 6.54 Å². The number of aromatic nitrogens is 2. The van der Waals surface area contributed by atoms with E-state index in [1.54, 1.807) is 0 Å². The van der Waals surface area contributed by atoms with Crippen LogP contribution in [0.5, 0.6) is 0 Å². The summed E-state index contributed by atoms with van der Waals surface area (Å²) in [5.41, 5.74) is 2.23. The maximum atomic E-state index is 9.49. The second kappa shape index (κ2) is 5.11. The van der Waals surface area contributed by atoms with E-state index in [1.165, 1.54) is 5.56 Å². The summed E-state index contributed by atoms with van der Waals surface area (Å²) in [6, 6.07) is 8.12. The smallest absolute Gasteiger partial charge is 0.244 e. The summed E-state index contributed by atoms with van der Waals surface area (Å²) in [6.07, 6.45) is 1.31. The number of rotatable bonds is 3. The maximum Gasteiger partial charge on any atom is 0.244 e. The number of nitrogens with one attached hydrogen (secondary N) is 1. The zero-order valence-electron chi connectivity index (χ0n) is 10.8. The Labute approximate surface area is 111 Å². The molecule has 0 bridgehead atoms. The molecule has 19 heavy (non-hydrogen) atoms. The molecule has 0 amide bonds. The van der Waals surface area contributed by atoms with Gasteiger partial charge in [-0.1, -0.05) is 36.3 Å². The van der Waals surface area contributed by atoms with Crippen LogP contribution in [-0.4, -0.2) is 27.9 Å². The first-order chi connectivity index (χ1) is 9.26. The van der Waals surface area contributed by atoms with Gasteiger partial charge in [0.15, 0.2) is 0 Å². The van der Waals surface area contributed by atoms with Crippen LogP contribution in [0.15, 0.2) is 28.8 Å². The first kappa shape index (κ1) is 12.3. The molecule has 1 aromatic heterocycles. The van der Waals surface area contributed by atoms with Gasteiger partial charge in [0, 0.05) is 12.1 Å². The Bertz CT molecular complexity index is 550. The second-order valence-electron chi connectivity index (χ2n) is 4.86. The molecule has 1 saturated heterocycles. The summed E-state index contributed by atoms with van der Waals surface area (Å²) in [4.78, 5) is 4.40. The molecule has 100 valence electrons. The highest BCUT2D eigenvalue weighted by atomic mass is 16.5. The molecule has 1 aliphatic heterocycles. The molecule has 0 radical (unpaired) electrons. The van der Waals surface area contributed by atoms with Crippen molar-refractivity contribution in [3.8, 4) is 11.4 Å². The van der Waals surface area contributed by atoms with Gasteiger partial charge in [-0.25, -0.2) is 0 Å². The van der Waals surface area contributed by atoms with Crippen LogP contribution in [0.25, 0.3) is 11.4 Å². The molecule has 2 heterocycles. The molecule has 2 unspecified atom stereocenters. The molecule has 3 rings (SSSR count). The fourth-order valence-electron chi connectivity index (χ4n) is 2.29. The van der Waals surface area contributed by atoms with Crippen molar-refractivity contribution in [2.45, 2.75) is 31.9 Å². The minimum atomic E-state index is -0.329. The fraction of sp³-hybridized carbons (Fsp3) is 0.429. The molecule has 0 aliphatic carbocycles. The van der Waals surface area contributed by atoms with Gasteiger partial charge in [0.1, 0.15) is 0 Å². The lowest BCUT2D eigenvalue weighted by Crippen LogP contribution is -2.15. The molecule has 1 fully saturated rings. The van der Waals surface area contributed by atoms with Crippen LogP contribution in [0.3, 0.4) is 0 Å². The Morgan fingerprint density at radius 1 is 1.37 bits per heavy atom. The van der Waals surface area contributed by atoms with Crippen molar-refractivity contribution in [2.24, 2.45) is 0 Å². The van der Waals surface area contributed by atoms with Gasteiger partial charge in [-0.2, -0.15) is 4.98 Å². The van der Waals surface area contributed by atoms with Gasteiger partial charge in [-0.05, 0) is 18.4 Å². The average Bonchev–Trinajstić information content (AvgIpc) is 3.07. The van der Waals surface area contributed by atoms with Crippen LogP contribution < -0.4 is 5.32 Å². The van der Waals surface area contributed by atoms with Gasteiger partial charge < -0.3 is 14.9 Å². The predicted molar refractivity (Wildman–Crippen MR) is 70.5 cm³/mol. The lowest BCUT2D eigenvalue weighted by Gasteiger charge is -2.01. The Morgan fingerprint density at radius 2 is 2.16 bits per heavy atom. The monoisotopic (exact) mass is 259 g/mol. The number of benzene rings is 1. The van der Waals surface area contributed by atoms with Gasteiger partial charge in [0.2, 0.25) is 11.7 Å². The number of aryl methyl sites for hydroxylation is 1. The van der Waals surface area contributed by atoms with Gasteiger partial charge in [-0.3, -0.25) is 0 Å². The van der Waals surface area contributed by atoms with E-state index >= 15 is 0 Å². The lowest BCUT2D eigenvalue weighted by molar-refractivity contribution is 0.191. The molecule has 2 N–H and O–H groups in total. The van der Waals surface area contributed by atoms with Crippen molar-refractivity contribution in [1.29, 1.82) is 0 Å². The molecule has 1 aliphatic rings. The van der Waals surface area contributed by atoms with Gasteiger partial charge in [0.05, 0.1) is 12.1 Å². The van der Waals surface area contributed by atoms with Crippen LogP contribution in [-0.2, 0) is 6.42 Å². The van der Waals surface area contributed by atoms with Crippen LogP contribution in [0.1, 0.15) is 30.8 Å². The van der Waals surface area contributed by atoms with E-state index in [0.717, 1.165) is 12.0 Å². The molecular weight excluding hydrogens is 242 g/mol. The largest absolute Gasteiger partial charge is 0.392 e. The molecule has 0 spiro atoms. The first-order valence-electron chi connectivity index (χ1n) is 6.60. The van der Waals surface area contributed by atoms with E-state index < -0.39 is 0 Å². The fourth-order valence-corrected chi connectivity index (χ4v) is 2.29. The summed E-state index contributed by atoms with van der Waals surface area (Å²) in [5, 5.41) is 16.7. The van der Waals surface area contributed by atoms with E-state index in [0.29, 0.717) is 24.7 Å². The Morgan fingerprint density at radius 3 is 2.79 bits per heavy atom. The van der Waals surface area contributed by atoms with Crippen molar-refractivity contribution in [1.82, 2.24) is 15.5 Å². The lowest BCUT2D eigenvalue weighted by atomic mass is 10.1. The highest BCUT2D eigenvalue weighted by Gasteiger charge is 2.28. The zero-order valence-corrected chi connectivity index (χ0v) is 10.8. The van der Waals surface area contributed by atoms with Crippen molar-refractivity contribution >= 4 is 0 Å². The van der Waals surface area contributed by atoms with Crippen molar-refractivity contribution in [3.05, 3.63) is 35.7 Å². The Hall–Kier alpha value is -1.72. The summed E-state index contributed by atoms with van der Waals surface area (Å²) < 4.78 is 5.27. The molecule has 2 atom stereocenters. The number of aliphatic hydroxyl groups excluding tert-OH is 1. The van der Waals surface area contributed by atoms with Crippen molar-refractivity contribution in [3.63, 3.8) is 0 Å². The van der Waals surface area contributed by atoms with Crippen LogP contribution >= 0.6 is 0 Å². The van der Waals surface area contributed by atoms with Gasteiger partial charge in [0.25, 0.3) is 0 Å². The standard InChI is InChI=1S/C14H17N3O2/c1-2-9-3-5-10(6-4-9)13-16-14(19-17-13)12-7-11(18)8-15-12/h3-6,11-12,15,18H,2,7-8H2,1H3. The van der Waals surface area contributed by atoms with E-state index in [2.05, 4.69) is 34.5 Å². The summed E-state index contributed by atoms with van der Waals surface area (Å²) in [6.45, 7) is 2.70. The summed E-state index contributed by atoms with van der Waals surface area (Å²) in [7, 11) is 0. The summed E-state index contributed by atoms with van der Waals surface area (Å²) in [5.74, 6) is 1.15. The third kappa shape index (κ3) is 2.52. The molecule has 2 aromatic rings. The zero-order chi connectivity index (χ0) is 13.2. The Kier molecular flexibility index (Phi) is 3.31. The quantitative estimate of drug-likeness (QED) is 0.877. The number of β-amino-alcohol motifs (C(OH)–C–C–N with tert-alkyl or cyclic N) is 1. The third-order valence-electron chi connectivity index (χ3n) is 3.47. The Balaban J connectivity index is 1.80. The number of hydrogen-bond acceptors (Lipinski definition) is 5. The highest BCUT2D eigenvalue weighted by Crippen LogP contribution is 2.24. The molecule has 5 nitrogen and oxygen atoms in total. The maximum absolute atomic E-state index is 9.49. The molecule has 5 heteroatoms. The summed E-state index contributed by atoms with van der Waals surface area (Å²) >= 11 is 0. The van der Waals surface area contributed by atoms with E-state index in [4.69, 9.17) is 4.52 Å². The predicted octanol–water partition coefficient (Wildman–Crippen LogP) is 1.69. The molecule has 1 aromatic carbocycles. The van der Waals surface area contributed by atoms with Crippen LogP contribution in [0.4, 0.5) is 0 Å². The number of nitrogens with zero attached hydrogens (tertiary/aromatic N) is 2. The molecular formula is C14H17N3O2. The van der Waals surface area contributed by atoms with E-state index in [1.807, 2.05) is 12.1 Å². The molecule has 0 saturated carbocycles.